The first kappa shape index (κ1) is 16.9. The minimum absolute atomic E-state index is 0.0806. The Bertz CT molecular complexity index is 363. The van der Waals surface area contributed by atoms with Gasteiger partial charge in [0.05, 0.1) is 12.4 Å². The van der Waals surface area contributed by atoms with Crippen LogP contribution in [0.25, 0.3) is 0 Å². The number of hydrogen-bond acceptors (Lipinski definition) is 4. The van der Waals surface area contributed by atoms with Crippen molar-refractivity contribution in [3.05, 3.63) is 0 Å². The molecule has 1 fully saturated rings. The van der Waals surface area contributed by atoms with Crippen molar-refractivity contribution in [2.75, 3.05) is 39.1 Å². The first-order valence-corrected chi connectivity index (χ1v) is 8.57. The van der Waals surface area contributed by atoms with E-state index in [1.165, 1.54) is 7.11 Å². The number of sulfonamides is 1. The van der Waals surface area contributed by atoms with E-state index in [9.17, 15) is 8.42 Å². The maximum atomic E-state index is 12.1. The van der Waals surface area contributed by atoms with E-state index in [0.717, 1.165) is 19.4 Å². The summed E-state index contributed by atoms with van der Waals surface area (Å²) in [4.78, 5) is 0. The van der Waals surface area contributed by atoms with Crippen LogP contribution in [0.3, 0.4) is 0 Å². The van der Waals surface area contributed by atoms with Crippen molar-refractivity contribution < 1.29 is 13.2 Å². The lowest BCUT2D eigenvalue weighted by molar-refractivity contribution is 0.211. The molecule has 1 atom stereocenters. The third-order valence-corrected chi connectivity index (χ3v) is 5.14. The van der Waals surface area contributed by atoms with Gasteiger partial charge in [-0.25, -0.2) is 12.7 Å². The maximum absolute atomic E-state index is 12.1. The SMILES string of the molecule is COCCS(=O)(=O)N1CCCC(CNC(C)(C)C)C1. The summed E-state index contributed by atoms with van der Waals surface area (Å²) < 4.78 is 30.7. The molecule has 0 aromatic heterocycles. The molecule has 0 saturated carbocycles. The van der Waals surface area contributed by atoms with Gasteiger partial charge in [-0.1, -0.05) is 0 Å². The molecule has 0 aromatic carbocycles. The third kappa shape index (κ3) is 6.21. The number of methoxy groups -OCH3 is 1. The van der Waals surface area contributed by atoms with E-state index in [2.05, 4.69) is 26.1 Å². The van der Waals surface area contributed by atoms with Gasteiger partial charge in [-0.15, -0.1) is 0 Å². The highest BCUT2D eigenvalue weighted by atomic mass is 32.2. The van der Waals surface area contributed by atoms with Crippen LogP contribution in [-0.2, 0) is 14.8 Å². The molecular weight excluding hydrogens is 264 g/mol. The van der Waals surface area contributed by atoms with Gasteiger partial charge in [-0.2, -0.15) is 0 Å². The number of nitrogens with one attached hydrogen (secondary N) is 1. The summed E-state index contributed by atoms with van der Waals surface area (Å²) >= 11 is 0. The van der Waals surface area contributed by atoms with Gasteiger partial charge in [0, 0.05) is 25.7 Å². The Hall–Kier alpha value is -0.170. The largest absolute Gasteiger partial charge is 0.384 e. The molecule has 0 aliphatic carbocycles. The van der Waals surface area contributed by atoms with E-state index in [-0.39, 0.29) is 17.9 Å². The fraction of sp³-hybridized carbons (Fsp3) is 1.00. The first-order chi connectivity index (χ1) is 8.74. The number of hydrogen-bond donors (Lipinski definition) is 1. The van der Waals surface area contributed by atoms with Crippen LogP contribution in [0.2, 0.25) is 0 Å². The van der Waals surface area contributed by atoms with Crippen LogP contribution in [0.1, 0.15) is 33.6 Å². The van der Waals surface area contributed by atoms with Crippen LogP contribution < -0.4 is 5.32 Å². The van der Waals surface area contributed by atoms with Crippen LogP contribution in [0.5, 0.6) is 0 Å². The summed E-state index contributed by atoms with van der Waals surface area (Å²) in [6.07, 6.45) is 2.04. The average Bonchev–Trinajstić information content (AvgIpc) is 2.33. The molecule has 1 unspecified atom stereocenters. The smallest absolute Gasteiger partial charge is 0.216 e. The molecule has 0 radical (unpaired) electrons. The van der Waals surface area contributed by atoms with E-state index in [1.807, 2.05) is 0 Å². The Balaban J connectivity index is 2.50. The summed E-state index contributed by atoms with van der Waals surface area (Å²) in [5.74, 6) is 0.494. The molecule has 1 heterocycles. The molecule has 1 rings (SSSR count). The zero-order chi connectivity index (χ0) is 14.5. The minimum Gasteiger partial charge on any atom is -0.384 e. The van der Waals surface area contributed by atoms with E-state index in [4.69, 9.17) is 4.74 Å². The minimum atomic E-state index is -3.15. The second-order valence-electron chi connectivity index (χ2n) is 6.31. The fourth-order valence-corrected chi connectivity index (χ4v) is 3.70. The van der Waals surface area contributed by atoms with Crippen molar-refractivity contribution in [3.63, 3.8) is 0 Å². The number of piperidine rings is 1. The first-order valence-electron chi connectivity index (χ1n) is 6.96. The van der Waals surface area contributed by atoms with Gasteiger partial charge in [-0.3, -0.25) is 0 Å². The summed E-state index contributed by atoms with van der Waals surface area (Å²) in [7, 11) is -1.62. The molecule has 1 N–H and O–H groups in total. The summed E-state index contributed by atoms with van der Waals surface area (Å²) in [6.45, 7) is 8.81. The zero-order valence-corrected chi connectivity index (χ0v) is 13.4. The zero-order valence-electron chi connectivity index (χ0n) is 12.6. The molecule has 1 aliphatic heterocycles. The molecule has 0 spiro atoms. The Morgan fingerprint density at radius 2 is 2.05 bits per heavy atom. The second-order valence-corrected chi connectivity index (χ2v) is 8.39. The lowest BCUT2D eigenvalue weighted by atomic mass is 9.98. The van der Waals surface area contributed by atoms with E-state index in [0.29, 0.717) is 19.0 Å². The normalized spacial score (nSPS) is 22.6. The van der Waals surface area contributed by atoms with Gasteiger partial charge >= 0.3 is 0 Å². The number of ether oxygens (including phenoxy) is 1. The highest BCUT2D eigenvalue weighted by molar-refractivity contribution is 7.89. The molecule has 6 heteroatoms. The monoisotopic (exact) mass is 292 g/mol. The fourth-order valence-electron chi connectivity index (χ4n) is 2.21. The van der Waals surface area contributed by atoms with Crippen LogP contribution in [0.15, 0.2) is 0 Å². The third-order valence-electron chi connectivity index (χ3n) is 3.34. The predicted molar refractivity (Wildman–Crippen MR) is 77.7 cm³/mol. The Morgan fingerprint density at radius 1 is 1.37 bits per heavy atom. The van der Waals surface area contributed by atoms with Crippen LogP contribution in [0.4, 0.5) is 0 Å². The highest BCUT2D eigenvalue weighted by Gasteiger charge is 2.28. The van der Waals surface area contributed by atoms with Gasteiger partial charge in [0.25, 0.3) is 0 Å². The molecule has 5 nitrogen and oxygen atoms in total. The summed E-state index contributed by atoms with van der Waals surface area (Å²) in [5, 5.41) is 3.46. The van der Waals surface area contributed by atoms with Crippen molar-refractivity contribution in [2.24, 2.45) is 5.92 Å². The summed E-state index contributed by atoms with van der Waals surface area (Å²) in [6, 6.07) is 0. The van der Waals surface area contributed by atoms with Crippen molar-refractivity contribution >= 4 is 10.0 Å². The van der Waals surface area contributed by atoms with Gasteiger partial charge in [0.2, 0.25) is 10.0 Å². The lowest BCUT2D eigenvalue weighted by Gasteiger charge is -2.33. The molecule has 114 valence electrons. The van der Waals surface area contributed by atoms with Gasteiger partial charge in [-0.05, 0) is 46.1 Å². The van der Waals surface area contributed by atoms with Crippen molar-refractivity contribution in [1.82, 2.24) is 9.62 Å². The molecule has 0 amide bonds. The topological polar surface area (TPSA) is 58.6 Å². The molecular formula is C13H28N2O3S. The predicted octanol–water partition coefficient (Wildman–Crippen LogP) is 1.06. The van der Waals surface area contributed by atoms with Crippen LogP contribution in [-0.4, -0.2) is 57.4 Å². The molecule has 0 bridgehead atoms. The lowest BCUT2D eigenvalue weighted by Crippen LogP contribution is -2.47. The van der Waals surface area contributed by atoms with Crippen LogP contribution >= 0.6 is 0 Å². The average molecular weight is 292 g/mol. The number of rotatable bonds is 6. The van der Waals surface area contributed by atoms with E-state index >= 15 is 0 Å². The Kier molecular flexibility index (Phi) is 6.23. The molecule has 1 aliphatic rings. The second kappa shape index (κ2) is 7.02. The van der Waals surface area contributed by atoms with Crippen molar-refractivity contribution in [3.8, 4) is 0 Å². The van der Waals surface area contributed by atoms with Crippen molar-refractivity contribution in [1.29, 1.82) is 0 Å². The van der Waals surface area contributed by atoms with E-state index < -0.39 is 10.0 Å². The van der Waals surface area contributed by atoms with Gasteiger partial charge in [0.1, 0.15) is 0 Å². The maximum Gasteiger partial charge on any atom is 0.216 e. The van der Waals surface area contributed by atoms with Crippen LogP contribution in [0, 0.1) is 5.92 Å². The standard InChI is InChI=1S/C13H28N2O3S/c1-13(2,3)14-10-12-6-5-7-15(11-12)19(16,17)9-8-18-4/h12,14H,5-11H2,1-4H3. The Labute approximate surface area is 117 Å². The molecule has 19 heavy (non-hydrogen) atoms. The van der Waals surface area contributed by atoms with Gasteiger partial charge < -0.3 is 10.1 Å². The highest BCUT2D eigenvalue weighted by Crippen LogP contribution is 2.19. The van der Waals surface area contributed by atoms with E-state index in [1.54, 1.807) is 4.31 Å². The molecule has 0 aromatic rings. The molecule has 1 saturated heterocycles. The Morgan fingerprint density at radius 3 is 2.63 bits per heavy atom. The van der Waals surface area contributed by atoms with Gasteiger partial charge in [0.15, 0.2) is 0 Å². The number of nitrogens with zero attached hydrogens (tertiary/aromatic N) is 1. The summed E-state index contributed by atoms with van der Waals surface area (Å²) in [5.41, 5.74) is 0.0806. The van der Waals surface area contributed by atoms with Crippen molar-refractivity contribution in [2.45, 2.75) is 39.2 Å². The quantitative estimate of drug-likeness (QED) is 0.795.